The molecule has 0 fully saturated rings. The molecule has 0 saturated heterocycles. The van der Waals surface area contributed by atoms with E-state index in [0.717, 1.165) is 9.99 Å². The van der Waals surface area contributed by atoms with E-state index in [-0.39, 0.29) is 0 Å². The molecule has 27 heavy (non-hydrogen) atoms. The van der Waals surface area contributed by atoms with Gasteiger partial charge in [0.05, 0.1) is 5.69 Å². The van der Waals surface area contributed by atoms with Gasteiger partial charge in [-0.05, 0) is 36.8 Å². The highest BCUT2D eigenvalue weighted by atomic mass is 32.2. The monoisotopic (exact) mass is 396 g/mol. The summed E-state index contributed by atoms with van der Waals surface area (Å²) in [7, 11) is -3.14. The van der Waals surface area contributed by atoms with Gasteiger partial charge in [0, 0.05) is 13.1 Å². The van der Waals surface area contributed by atoms with E-state index in [1.54, 1.807) is 31.2 Å². The molecule has 0 aliphatic carbocycles. The SMILES string of the molecule is C[C@@H](c1ccc(-n2cncn2)cc1)N(C)S(=O)(=O)c1ccc(F)c(F)c1F. The summed E-state index contributed by atoms with van der Waals surface area (Å²) in [4.78, 5) is 2.92. The topological polar surface area (TPSA) is 68.1 Å². The molecule has 2 aromatic carbocycles. The first kappa shape index (κ1) is 19.1. The van der Waals surface area contributed by atoms with E-state index in [1.165, 1.54) is 24.4 Å². The minimum absolute atomic E-state index is 0.580. The molecular formula is C17H15F3N4O2S. The second kappa shape index (κ2) is 7.12. The van der Waals surface area contributed by atoms with Crippen LogP contribution in [0, 0.1) is 17.5 Å². The van der Waals surface area contributed by atoms with Crippen molar-refractivity contribution < 1.29 is 21.6 Å². The highest BCUT2D eigenvalue weighted by Gasteiger charge is 2.31. The zero-order valence-electron chi connectivity index (χ0n) is 14.3. The van der Waals surface area contributed by atoms with Gasteiger partial charge < -0.3 is 0 Å². The lowest BCUT2D eigenvalue weighted by molar-refractivity contribution is 0.388. The van der Waals surface area contributed by atoms with Crippen LogP contribution in [0.25, 0.3) is 5.69 Å². The van der Waals surface area contributed by atoms with E-state index in [1.807, 2.05) is 0 Å². The first-order chi connectivity index (χ1) is 12.7. The molecule has 142 valence electrons. The van der Waals surface area contributed by atoms with Crippen molar-refractivity contribution >= 4 is 10.0 Å². The molecule has 0 unspecified atom stereocenters. The van der Waals surface area contributed by atoms with Gasteiger partial charge in [0.1, 0.15) is 17.6 Å². The predicted molar refractivity (Wildman–Crippen MR) is 91.0 cm³/mol. The Morgan fingerprint density at radius 1 is 1.04 bits per heavy atom. The summed E-state index contributed by atoms with van der Waals surface area (Å²) in [6.45, 7) is 1.60. The fourth-order valence-corrected chi connectivity index (χ4v) is 3.93. The maximum Gasteiger partial charge on any atom is 0.246 e. The fraction of sp³-hybridized carbons (Fsp3) is 0.176. The van der Waals surface area contributed by atoms with E-state index in [4.69, 9.17) is 0 Å². The molecule has 10 heteroatoms. The second-order valence-electron chi connectivity index (χ2n) is 5.80. The Morgan fingerprint density at radius 3 is 2.30 bits per heavy atom. The van der Waals surface area contributed by atoms with Crippen molar-refractivity contribution in [3.63, 3.8) is 0 Å². The third-order valence-electron chi connectivity index (χ3n) is 4.26. The number of rotatable bonds is 5. The molecule has 0 aliphatic heterocycles. The highest BCUT2D eigenvalue weighted by molar-refractivity contribution is 7.89. The van der Waals surface area contributed by atoms with Gasteiger partial charge in [0.15, 0.2) is 17.5 Å². The van der Waals surface area contributed by atoms with Crippen LogP contribution in [0.5, 0.6) is 0 Å². The molecule has 0 amide bonds. The molecule has 3 rings (SSSR count). The number of halogens is 3. The van der Waals surface area contributed by atoms with E-state index >= 15 is 0 Å². The summed E-state index contributed by atoms with van der Waals surface area (Å²) in [5.74, 6) is -5.02. The Morgan fingerprint density at radius 2 is 1.70 bits per heavy atom. The van der Waals surface area contributed by atoms with Crippen molar-refractivity contribution in [2.75, 3.05) is 7.05 Å². The lowest BCUT2D eigenvalue weighted by Crippen LogP contribution is -2.30. The predicted octanol–water partition coefficient (Wildman–Crippen LogP) is 3.07. The Balaban J connectivity index is 1.90. The van der Waals surface area contributed by atoms with E-state index in [0.29, 0.717) is 17.7 Å². The van der Waals surface area contributed by atoms with Gasteiger partial charge in [-0.15, -0.1) is 0 Å². The molecule has 0 saturated carbocycles. The summed E-state index contributed by atoms with van der Waals surface area (Å²) in [5, 5.41) is 3.99. The molecule has 1 heterocycles. The Hall–Kier alpha value is -2.72. The molecule has 0 bridgehead atoms. The average Bonchev–Trinajstić information content (AvgIpc) is 3.19. The van der Waals surface area contributed by atoms with Crippen molar-refractivity contribution in [3.8, 4) is 5.69 Å². The van der Waals surface area contributed by atoms with Gasteiger partial charge in [-0.1, -0.05) is 12.1 Å². The number of aromatic nitrogens is 3. The van der Waals surface area contributed by atoms with Crippen LogP contribution < -0.4 is 0 Å². The Kier molecular flexibility index (Phi) is 5.03. The normalized spacial score (nSPS) is 13.1. The highest BCUT2D eigenvalue weighted by Crippen LogP contribution is 2.29. The molecule has 3 aromatic rings. The summed E-state index contributed by atoms with van der Waals surface area (Å²) in [6, 6.07) is 7.42. The van der Waals surface area contributed by atoms with Crippen LogP contribution in [-0.4, -0.2) is 34.5 Å². The van der Waals surface area contributed by atoms with Crippen LogP contribution in [0.1, 0.15) is 18.5 Å². The van der Waals surface area contributed by atoms with Gasteiger partial charge >= 0.3 is 0 Å². The van der Waals surface area contributed by atoms with Gasteiger partial charge in [-0.25, -0.2) is 31.3 Å². The van der Waals surface area contributed by atoms with Crippen molar-refractivity contribution in [3.05, 3.63) is 72.1 Å². The summed E-state index contributed by atoms with van der Waals surface area (Å²) >= 11 is 0. The van der Waals surface area contributed by atoms with Gasteiger partial charge in [-0.3, -0.25) is 0 Å². The summed E-state index contributed by atoms with van der Waals surface area (Å²) in [5.41, 5.74) is 1.34. The summed E-state index contributed by atoms with van der Waals surface area (Å²) in [6.07, 6.45) is 2.90. The minimum Gasteiger partial charge on any atom is -0.223 e. The largest absolute Gasteiger partial charge is 0.246 e. The third kappa shape index (κ3) is 3.45. The van der Waals surface area contributed by atoms with E-state index in [2.05, 4.69) is 10.1 Å². The lowest BCUT2D eigenvalue weighted by atomic mass is 10.1. The molecule has 6 nitrogen and oxygen atoms in total. The van der Waals surface area contributed by atoms with Gasteiger partial charge in [0.2, 0.25) is 10.0 Å². The maximum atomic E-state index is 14.0. The zero-order valence-corrected chi connectivity index (χ0v) is 15.2. The lowest BCUT2D eigenvalue weighted by Gasteiger charge is -2.25. The van der Waals surface area contributed by atoms with E-state index < -0.39 is 38.4 Å². The quantitative estimate of drug-likeness (QED) is 0.622. The molecule has 0 N–H and O–H groups in total. The average molecular weight is 396 g/mol. The third-order valence-corrected chi connectivity index (χ3v) is 6.21. The van der Waals surface area contributed by atoms with Crippen LogP contribution in [0.2, 0.25) is 0 Å². The van der Waals surface area contributed by atoms with E-state index in [9.17, 15) is 21.6 Å². The van der Waals surface area contributed by atoms with Crippen LogP contribution in [0.15, 0.2) is 53.9 Å². The molecule has 0 aliphatic rings. The first-order valence-electron chi connectivity index (χ1n) is 7.80. The van der Waals surface area contributed by atoms with Crippen molar-refractivity contribution in [1.82, 2.24) is 19.1 Å². The van der Waals surface area contributed by atoms with Crippen molar-refractivity contribution in [2.45, 2.75) is 17.9 Å². The molecule has 1 atom stereocenters. The second-order valence-corrected chi connectivity index (χ2v) is 7.77. The number of hydrogen-bond acceptors (Lipinski definition) is 4. The Bertz CT molecular complexity index is 1050. The summed E-state index contributed by atoms with van der Waals surface area (Å²) < 4.78 is 68.2. The van der Waals surface area contributed by atoms with Crippen LogP contribution >= 0.6 is 0 Å². The van der Waals surface area contributed by atoms with Crippen molar-refractivity contribution in [2.24, 2.45) is 0 Å². The molecule has 0 radical (unpaired) electrons. The van der Waals surface area contributed by atoms with Crippen LogP contribution in [0.4, 0.5) is 13.2 Å². The maximum absolute atomic E-state index is 14.0. The van der Waals surface area contributed by atoms with Crippen molar-refractivity contribution in [1.29, 1.82) is 0 Å². The minimum atomic E-state index is -4.39. The van der Waals surface area contributed by atoms with Gasteiger partial charge in [-0.2, -0.15) is 9.40 Å². The van der Waals surface area contributed by atoms with Crippen LogP contribution in [0.3, 0.4) is 0 Å². The smallest absolute Gasteiger partial charge is 0.223 e. The molecule has 0 spiro atoms. The Labute approximate surface area is 153 Å². The zero-order chi connectivity index (χ0) is 19.8. The first-order valence-corrected chi connectivity index (χ1v) is 9.24. The number of nitrogens with zero attached hydrogens (tertiary/aromatic N) is 4. The fourth-order valence-electron chi connectivity index (χ4n) is 2.53. The molecular weight excluding hydrogens is 381 g/mol. The molecule has 1 aromatic heterocycles. The number of sulfonamides is 1. The number of benzene rings is 2. The number of hydrogen-bond donors (Lipinski definition) is 0. The van der Waals surface area contributed by atoms with Crippen LogP contribution in [-0.2, 0) is 10.0 Å². The van der Waals surface area contributed by atoms with Gasteiger partial charge in [0.25, 0.3) is 0 Å². The standard InChI is InChI=1S/C17H15F3N4O2S/c1-11(12-3-5-13(6-4-12)24-10-21-9-22-24)23(2)27(25,26)15-8-7-14(18)16(19)17(15)20/h3-11H,1-2H3/t11-/m0/s1.